The number of hydrogen-bond donors (Lipinski definition) is 0. The molecule has 0 aliphatic heterocycles. The van der Waals surface area contributed by atoms with E-state index in [1.807, 2.05) is 61.5 Å². The smallest absolute Gasteiger partial charge is 0.307 e. The Morgan fingerprint density at radius 2 is 1.91 bits per heavy atom. The van der Waals surface area contributed by atoms with Crippen LogP contribution in [0.1, 0.15) is 23.1 Å². The van der Waals surface area contributed by atoms with Gasteiger partial charge in [-0.25, -0.2) is 0 Å². The van der Waals surface area contributed by atoms with Gasteiger partial charge < -0.3 is 4.74 Å². The minimum Gasteiger partial charge on any atom is -0.469 e. The van der Waals surface area contributed by atoms with Gasteiger partial charge in [0, 0.05) is 0 Å². The van der Waals surface area contributed by atoms with E-state index >= 15 is 0 Å². The monoisotopic (exact) mass is 293 g/mol. The summed E-state index contributed by atoms with van der Waals surface area (Å²) in [6.45, 7) is 1.98. The van der Waals surface area contributed by atoms with Crippen LogP contribution in [-0.2, 0) is 21.4 Å². The van der Waals surface area contributed by atoms with Gasteiger partial charge in [0.05, 0.1) is 25.0 Å². The van der Waals surface area contributed by atoms with Gasteiger partial charge in [-0.1, -0.05) is 60.2 Å². The summed E-state index contributed by atoms with van der Waals surface area (Å²) in [7, 11) is 1.35. The van der Waals surface area contributed by atoms with Gasteiger partial charge in [-0.05, 0) is 24.5 Å². The Balaban J connectivity index is 2.47. The van der Waals surface area contributed by atoms with Crippen molar-refractivity contribution >= 4 is 5.97 Å². The van der Waals surface area contributed by atoms with Crippen molar-refractivity contribution in [3.05, 3.63) is 71.3 Å². The second-order valence-corrected chi connectivity index (χ2v) is 5.48. The van der Waals surface area contributed by atoms with Crippen LogP contribution in [0.3, 0.4) is 0 Å². The van der Waals surface area contributed by atoms with E-state index in [1.54, 1.807) is 0 Å². The Hall–Kier alpha value is -2.60. The molecule has 0 amide bonds. The first-order valence-corrected chi connectivity index (χ1v) is 7.19. The van der Waals surface area contributed by atoms with Gasteiger partial charge in [-0.15, -0.1) is 0 Å². The zero-order valence-electron chi connectivity index (χ0n) is 12.9. The molecule has 0 aliphatic rings. The highest BCUT2D eigenvalue weighted by molar-refractivity contribution is 5.72. The standard InChI is InChI=1S/C19H19NO2/c1-15-7-6-10-17(11-15)19(14-20,13-18(21)22-2)12-16-8-4-3-5-9-16/h3-11H,12-13H2,1-2H3. The van der Waals surface area contributed by atoms with Crippen molar-refractivity contribution in [1.82, 2.24) is 0 Å². The maximum Gasteiger partial charge on any atom is 0.307 e. The van der Waals surface area contributed by atoms with E-state index in [2.05, 4.69) is 6.07 Å². The first kappa shape index (κ1) is 15.8. The summed E-state index contributed by atoms with van der Waals surface area (Å²) in [6, 6.07) is 19.9. The lowest BCUT2D eigenvalue weighted by molar-refractivity contribution is -0.141. The number of ether oxygens (including phenoxy) is 1. The van der Waals surface area contributed by atoms with Crippen LogP contribution in [0.4, 0.5) is 0 Å². The summed E-state index contributed by atoms with van der Waals surface area (Å²) in [5.74, 6) is -0.376. The van der Waals surface area contributed by atoms with Gasteiger partial charge in [-0.2, -0.15) is 5.26 Å². The Bertz CT molecular complexity index is 688. The third kappa shape index (κ3) is 3.53. The lowest BCUT2D eigenvalue weighted by Gasteiger charge is -2.26. The fourth-order valence-electron chi connectivity index (χ4n) is 2.62. The van der Waals surface area contributed by atoms with Crippen LogP contribution in [0, 0.1) is 18.3 Å². The molecule has 0 saturated carbocycles. The first-order chi connectivity index (χ1) is 10.6. The summed E-state index contributed by atoms with van der Waals surface area (Å²) < 4.78 is 4.81. The molecule has 3 heteroatoms. The van der Waals surface area contributed by atoms with E-state index in [0.29, 0.717) is 6.42 Å². The van der Waals surface area contributed by atoms with Crippen molar-refractivity contribution < 1.29 is 9.53 Å². The fraction of sp³-hybridized carbons (Fsp3) is 0.263. The minimum atomic E-state index is -0.916. The second kappa shape index (κ2) is 6.91. The number of hydrogen-bond acceptors (Lipinski definition) is 3. The molecule has 2 aromatic rings. The average molecular weight is 293 g/mol. The number of nitrogens with zero attached hydrogens (tertiary/aromatic N) is 1. The maximum atomic E-state index is 11.9. The Morgan fingerprint density at radius 1 is 1.18 bits per heavy atom. The SMILES string of the molecule is COC(=O)CC(C#N)(Cc1ccccc1)c1cccc(C)c1. The minimum absolute atomic E-state index is 0.0400. The summed E-state index contributed by atoms with van der Waals surface area (Å²) in [5, 5.41) is 9.87. The van der Waals surface area contributed by atoms with Gasteiger partial charge in [0.2, 0.25) is 0 Å². The number of nitriles is 1. The zero-order valence-corrected chi connectivity index (χ0v) is 12.9. The molecule has 0 radical (unpaired) electrons. The molecule has 1 unspecified atom stereocenters. The summed E-state index contributed by atoms with van der Waals surface area (Å²) in [6.07, 6.45) is 0.515. The fourth-order valence-corrected chi connectivity index (χ4v) is 2.62. The second-order valence-electron chi connectivity index (χ2n) is 5.48. The van der Waals surface area contributed by atoms with Gasteiger partial charge in [0.15, 0.2) is 0 Å². The first-order valence-electron chi connectivity index (χ1n) is 7.19. The highest BCUT2D eigenvalue weighted by atomic mass is 16.5. The van der Waals surface area contributed by atoms with E-state index in [4.69, 9.17) is 4.74 Å². The third-order valence-corrected chi connectivity index (χ3v) is 3.81. The summed E-state index contributed by atoms with van der Waals surface area (Å²) >= 11 is 0. The molecule has 22 heavy (non-hydrogen) atoms. The maximum absolute atomic E-state index is 11.9. The normalized spacial score (nSPS) is 13.0. The highest BCUT2D eigenvalue weighted by Crippen LogP contribution is 2.32. The van der Waals surface area contributed by atoms with E-state index in [0.717, 1.165) is 16.7 Å². The van der Waals surface area contributed by atoms with Crippen molar-refractivity contribution in [2.45, 2.75) is 25.2 Å². The van der Waals surface area contributed by atoms with Crippen LogP contribution in [0.5, 0.6) is 0 Å². The molecule has 0 N–H and O–H groups in total. The van der Waals surface area contributed by atoms with Crippen molar-refractivity contribution in [3.8, 4) is 6.07 Å². The quantitative estimate of drug-likeness (QED) is 0.792. The van der Waals surface area contributed by atoms with Crippen molar-refractivity contribution in [3.63, 3.8) is 0 Å². The van der Waals surface area contributed by atoms with Crippen molar-refractivity contribution in [2.24, 2.45) is 0 Å². The highest BCUT2D eigenvalue weighted by Gasteiger charge is 2.36. The molecule has 0 heterocycles. The van der Waals surface area contributed by atoms with Crippen molar-refractivity contribution in [1.29, 1.82) is 5.26 Å². The number of rotatable bonds is 5. The van der Waals surface area contributed by atoms with E-state index in [9.17, 15) is 10.1 Å². The summed E-state index contributed by atoms with van der Waals surface area (Å²) in [4.78, 5) is 11.9. The molecular weight excluding hydrogens is 274 g/mol. The predicted octanol–water partition coefficient (Wildman–Crippen LogP) is 3.56. The molecule has 1 atom stereocenters. The lowest BCUT2D eigenvalue weighted by atomic mass is 9.74. The molecule has 3 nitrogen and oxygen atoms in total. The van der Waals surface area contributed by atoms with Crippen LogP contribution in [0.25, 0.3) is 0 Å². The van der Waals surface area contributed by atoms with Crippen LogP contribution in [0.15, 0.2) is 54.6 Å². The summed E-state index contributed by atoms with van der Waals surface area (Å²) in [5.41, 5.74) is 2.02. The molecule has 112 valence electrons. The molecule has 0 spiro atoms. The topological polar surface area (TPSA) is 50.1 Å². The average Bonchev–Trinajstić information content (AvgIpc) is 2.55. The third-order valence-electron chi connectivity index (χ3n) is 3.81. The Morgan fingerprint density at radius 3 is 2.50 bits per heavy atom. The van der Waals surface area contributed by atoms with Crippen LogP contribution in [0.2, 0.25) is 0 Å². The van der Waals surface area contributed by atoms with Gasteiger partial charge in [-0.3, -0.25) is 4.79 Å². The number of aryl methyl sites for hydroxylation is 1. The Kier molecular flexibility index (Phi) is 4.95. The van der Waals surface area contributed by atoms with Gasteiger partial charge >= 0.3 is 5.97 Å². The Labute approximate surface area is 131 Å². The molecule has 0 fully saturated rings. The largest absolute Gasteiger partial charge is 0.469 e. The zero-order chi connectivity index (χ0) is 16.0. The van der Waals surface area contributed by atoms with Crippen LogP contribution < -0.4 is 0 Å². The number of benzene rings is 2. The molecule has 0 aromatic heterocycles. The van der Waals surface area contributed by atoms with E-state index in [1.165, 1.54) is 7.11 Å². The van der Waals surface area contributed by atoms with E-state index in [-0.39, 0.29) is 12.4 Å². The van der Waals surface area contributed by atoms with Crippen molar-refractivity contribution in [2.75, 3.05) is 7.11 Å². The van der Waals surface area contributed by atoms with E-state index < -0.39 is 5.41 Å². The lowest BCUT2D eigenvalue weighted by Crippen LogP contribution is -2.31. The molecule has 0 bridgehead atoms. The number of carbonyl (C=O) groups excluding carboxylic acids is 1. The number of carbonyl (C=O) groups is 1. The molecule has 2 rings (SSSR count). The molecule has 0 saturated heterocycles. The molecular formula is C19H19NO2. The number of methoxy groups -OCH3 is 1. The van der Waals surface area contributed by atoms with Crippen LogP contribution in [-0.4, -0.2) is 13.1 Å². The van der Waals surface area contributed by atoms with Gasteiger partial charge in [0.1, 0.15) is 0 Å². The predicted molar refractivity (Wildman–Crippen MR) is 85.2 cm³/mol. The molecule has 2 aromatic carbocycles. The number of esters is 1. The van der Waals surface area contributed by atoms with Crippen LogP contribution >= 0.6 is 0 Å². The van der Waals surface area contributed by atoms with Gasteiger partial charge in [0.25, 0.3) is 0 Å². The molecule has 0 aliphatic carbocycles.